The number of hydrogen-bond donors (Lipinski definition) is 1. The van der Waals surface area contributed by atoms with Gasteiger partial charge in [0, 0.05) is 17.3 Å². The Morgan fingerprint density at radius 3 is 2.61 bits per heavy atom. The van der Waals surface area contributed by atoms with Crippen molar-refractivity contribution in [2.45, 2.75) is 45.1 Å². The van der Waals surface area contributed by atoms with Gasteiger partial charge in [-0.1, -0.05) is 19.1 Å². The van der Waals surface area contributed by atoms with Crippen molar-refractivity contribution in [3.63, 3.8) is 0 Å². The molecule has 4 nitrogen and oxygen atoms in total. The molecule has 1 aromatic heterocycles. The molecule has 2 aromatic rings. The van der Waals surface area contributed by atoms with Crippen LogP contribution in [0.1, 0.15) is 49.1 Å². The van der Waals surface area contributed by atoms with Crippen LogP contribution in [0.3, 0.4) is 0 Å². The van der Waals surface area contributed by atoms with Crippen molar-refractivity contribution in [1.29, 1.82) is 0 Å². The Hall–Kier alpha value is -2.24. The molecule has 1 N–H and O–H groups in total. The third kappa shape index (κ3) is 3.75. The number of carbonyl (C=O) groups is 1. The number of aromatic nitrogens is 2. The summed E-state index contributed by atoms with van der Waals surface area (Å²) in [6, 6.07) is 9.01. The van der Waals surface area contributed by atoms with Crippen LogP contribution in [0, 0.1) is 0 Å². The van der Waals surface area contributed by atoms with Crippen molar-refractivity contribution in [3.8, 4) is 0 Å². The van der Waals surface area contributed by atoms with E-state index in [9.17, 15) is 13.6 Å². The lowest BCUT2D eigenvalue weighted by molar-refractivity contribution is -0.117. The van der Waals surface area contributed by atoms with Crippen LogP contribution in [0.5, 0.6) is 0 Å². The molecule has 1 aromatic carbocycles. The highest BCUT2D eigenvalue weighted by molar-refractivity contribution is 5.90. The molecule has 1 amide bonds. The molecule has 6 heteroatoms. The fourth-order valence-electron chi connectivity index (χ4n) is 2.55. The van der Waals surface area contributed by atoms with Crippen LogP contribution < -0.4 is 5.32 Å². The fourth-order valence-corrected chi connectivity index (χ4v) is 2.55. The summed E-state index contributed by atoms with van der Waals surface area (Å²) < 4.78 is 27.1. The van der Waals surface area contributed by atoms with E-state index in [1.54, 1.807) is 0 Å². The average Bonchev–Trinajstić information content (AvgIpc) is 3.29. The van der Waals surface area contributed by atoms with Gasteiger partial charge in [-0.15, -0.1) is 0 Å². The van der Waals surface area contributed by atoms with E-state index in [1.807, 2.05) is 24.3 Å². The first-order valence-corrected chi connectivity index (χ1v) is 7.81. The molecule has 3 rings (SSSR count). The first kappa shape index (κ1) is 15.6. The van der Waals surface area contributed by atoms with Crippen molar-refractivity contribution in [2.24, 2.45) is 0 Å². The summed E-state index contributed by atoms with van der Waals surface area (Å²) in [7, 11) is 0. The van der Waals surface area contributed by atoms with Crippen molar-refractivity contribution in [2.75, 3.05) is 5.32 Å². The molecular formula is C17H19F2N3O. The molecule has 1 fully saturated rings. The Kier molecular flexibility index (Phi) is 4.41. The highest BCUT2D eigenvalue weighted by Crippen LogP contribution is 2.41. The maximum Gasteiger partial charge on any atom is 0.282 e. The second-order valence-corrected chi connectivity index (χ2v) is 5.83. The molecule has 0 saturated heterocycles. The molecule has 0 atom stereocenters. The van der Waals surface area contributed by atoms with Gasteiger partial charge in [-0.3, -0.25) is 9.48 Å². The van der Waals surface area contributed by atoms with Gasteiger partial charge in [-0.05, 0) is 43.0 Å². The van der Waals surface area contributed by atoms with Crippen molar-refractivity contribution in [3.05, 3.63) is 47.3 Å². The van der Waals surface area contributed by atoms with E-state index < -0.39 is 6.43 Å². The molecule has 23 heavy (non-hydrogen) atoms. The number of nitrogens with zero attached hydrogens (tertiary/aromatic N) is 2. The van der Waals surface area contributed by atoms with Gasteiger partial charge in [0.05, 0.1) is 0 Å². The number of rotatable bonds is 6. The van der Waals surface area contributed by atoms with Crippen molar-refractivity contribution < 1.29 is 13.6 Å². The number of benzene rings is 1. The summed E-state index contributed by atoms with van der Waals surface area (Å²) >= 11 is 0. The highest BCUT2D eigenvalue weighted by atomic mass is 19.3. The first-order chi connectivity index (χ1) is 11.1. The molecule has 0 radical (unpaired) electrons. The first-order valence-electron chi connectivity index (χ1n) is 7.81. The zero-order valence-corrected chi connectivity index (χ0v) is 12.9. The number of hydrogen-bond acceptors (Lipinski definition) is 2. The summed E-state index contributed by atoms with van der Waals surface area (Å²) in [5.41, 5.74) is 2.36. The number of amides is 1. The Morgan fingerprint density at radius 2 is 2.04 bits per heavy atom. The number of alkyl halides is 2. The van der Waals surface area contributed by atoms with Gasteiger partial charge in [0.1, 0.15) is 12.2 Å². The summed E-state index contributed by atoms with van der Waals surface area (Å²) in [5, 5.41) is 6.67. The second kappa shape index (κ2) is 6.48. The van der Waals surface area contributed by atoms with Crippen molar-refractivity contribution >= 4 is 11.6 Å². The zero-order valence-electron chi connectivity index (χ0n) is 12.9. The summed E-state index contributed by atoms with van der Waals surface area (Å²) in [4.78, 5) is 12.2. The SMILES string of the molecule is CCc1ccc(NC(=O)Cn2nc(C(F)F)cc2C2CC2)cc1. The third-order valence-electron chi connectivity index (χ3n) is 3.99. The maximum atomic E-state index is 12.8. The lowest BCUT2D eigenvalue weighted by atomic mass is 10.1. The van der Waals surface area contributed by atoms with E-state index in [0.717, 1.165) is 25.0 Å². The number of carbonyl (C=O) groups excluding carboxylic acids is 1. The molecular weight excluding hydrogens is 300 g/mol. The number of aryl methyl sites for hydroxylation is 1. The van der Waals surface area contributed by atoms with Gasteiger partial charge in [0.15, 0.2) is 0 Å². The predicted octanol–water partition coefficient (Wildman–Crippen LogP) is 3.90. The van der Waals surface area contributed by atoms with E-state index >= 15 is 0 Å². The number of halogens is 2. The van der Waals surface area contributed by atoms with Crippen molar-refractivity contribution in [1.82, 2.24) is 9.78 Å². The largest absolute Gasteiger partial charge is 0.324 e. The van der Waals surface area contributed by atoms with Crippen LogP contribution in [-0.4, -0.2) is 15.7 Å². The van der Waals surface area contributed by atoms with Gasteiger partial charge in [-0.2, -0.15) is 5.10 Å². The minimum absolute atomic E-state index is 0.0475. The van der Waals surface area contributed by atoms with E-state index in [1.165, 1.54) is 16.3 Å². The van der Waals surface area contributed by atoms with Crippen LogP contribution in [0.25, 0.3) is 0 Å². The van der Waals surface area contributed by atoms with Crippen LogP contribution in [0.2, 0.25) is 0 Å². The molecule has 122 valence electrons. The second-order valence-electron chi connectivity index (χ2n) is 5.83. The predicted molar refractivity (Wildman–Crippen MR) is 83.6 cm³/mol. The van der Waals surface area contributed by atoms with Gasteiger partial charge < -0.3 is 5.32 Å². The van der Waals surface area contributed by atoms with Crippen LogP contribution >= 0.6 is 0 Å². The van der Waals surface area contributed by atoms with Gasteiger partial charge in [-0.25, -0.2) is 8.78 Å². The minimum atomic E-state index is -2.61. The van der Waals surface area contributed by atoms with Crippen LogP contribution in [0.15, 0.2) is 30.3 Å². The summed E-state index contributed by atoms with van der Waals surface area (Å²) in [6.45, 7) is 2.01. The lowest BCUT2D eigenvalue weighted by Gasteiger charge is -2.08. The summed E-state index contributed by atoms with van der Waals surface area (Å²) in [5.74, 6) is -0.00768. The van der Waals surface area contributed by atoms with E-state index in [2.05, 4.69) is 17.3 Å². The molecule has 1 saturated carbocycles. The number of nitrogens with one attached hydrogen (secondary N) is 1. The standard InChI is InChI=1S/C17H19F2N3O/c1-2-11-3-7-13(8-4-11)20-16(23)10-22-15(12-5-6-12)9-14(21-22)17(18)19/h3-4,7-9,12,17H,2,5-6,10H2,1H3,(H,20,23). The molecule has 1 aliphatic rings. The minimum Gasteiger partial charge on any atom is -0.324 e. The maximum absolute atomic E-state index is 12.8. The monoisotopic (exact) mass is 319 g/mol. The summed E-state index contributed by atoms with van der Waals surface area (Å²) in [6.07, 6.45) is 0.254. The fraction of sp³-hybridized carbons (Fsp3) is 0.412. The highest BCUT2D eigenvalue weighted by Gasteiger charge is 2.30. The van der Waals surface area contributed by atoms with Gasteiger partial charge in [0.25, 0.3) is 6.43 Å². The van der Waals surface area contributed by atoms with Gasteiger partial charge in [0.2, 0.25) is 5.91 Å². The molecule has 0 bridgehead atoms. The Balaban J connectivity index is 1.69. The molecule has 1 heterocycles. The molecule has 1 aliphatic carbocycles. The average molecular weight is 319 g/mol. The number of anilines is 1. The molecule has 0 spiro atoms. The zero-order chi connectivity index (χ0) is 16.4. The van der Waals surface area contributed by atoms with E-state index in [-0.39, 0.29) is 24.1 Å². The third-order valence-corrected chi connectivity index (χ3v) is 3.99. The van der Waals surface area contributed by atoms with E-state index in [0.29, 0.717) is 5.69 Å². The van der Waals surface area contributed by atoms with Gasteiger partial charge >= 0.3 is 0 Å². The molecule has 0 unspecified atom stereocenters. The topological polar surface area (TPSA) is 46.9 Å². The van der Waals surface area contributed by atoms with Crippen LogP contribution in [-0.2, 0) is 17.8 Å². The lowest BCUT2D eigenvalue weighted by Crippen LogP contribution is -2.20. The Bertz CT molecular complexity index is 690. The van der Waals surface area contributed by atoms with Crippen LogP contribution in [0.4, 0.5) is 14.5 Å². The smallest absolute Gasteiger partial charge is 0.282 e. The van der Waals surface area contributed by atoms with E-state index in [4.69, 9.17) is 0 Å². The Morgan fingerprint density at radius 1 is 1.35 bits per heavy atom. The Labute approximate surface area is 133 Å². The molecule has 0 aliphatic heterocycles. The quantitative estimate of drug-likeness (QED) is 0.878. The normalized spacial score (nSPS) is 14.3.